The number of rotatable bonds is 3. The van der Waals surface area contributed by atoms with Crippen LogP contribution in [0.25, 0.3) is 10.9 Å². The highest BCUT2D eigenvalue weighted by Crippen LogP contribution is 2.27. The van der Waals surface area contributed by atoms with E-state index in [-0.39, 0.29) is 0 Å². The maximum absolute atomic E-state index is 5.82. The maximum atomic E-state index is 5.82. The summed E-state index contributed by atoms with van der Waals surface area (Å²) in [7, 11) is 1.82. The largest absolute Gasteiger partial charge is 0.437 e. The standard InChI is InChI=1S/C15H13N3O/c1-16-13-8-3-9-14(18-13)19-12-7-2-5-11-6-4-10-17-15(11)12/h2-10H,1H3,(H,16,18). The summed E-state index contributed by atoms with van der Waals surface area (Å²) in [5.74, 6) is 2.02. The molecule has 0 atom stereocenters. The molecule has 0 bridgehead atoms. The van der Waals surface area contributed by atoms with Gasteiger partial charge >= 0.3 is 0 Å². The molecule has 4 heteroatoms. The Hall–Kier alpha value is -2.62. The Morgan fingerprint density at radius 2 is 1.84 bits per heavy atom. The van der Waals surface area contributed by atoms with Crippen molar-refractivity contribution in [3.63, 3.8) is 0 Å². The first-order chi connectivity index (χ1) is 9.36. The smallest absolute Gasteiger partial charge is 0.221 e. The van der Waals surface area contributed by atoms with Gasteiger partial charge in [-0.05, 0) is 18.2 Å². The van der Waals surface area contributed by atoms with Gasteiger partial charge in [0, 0.05) is 24.7 Å². The van der Waals surface area contributed by atoms with E-state index in [1.54, 1.807) is 6.20 Å². The average Bonchev–Trinajstić information content (AvgIpc) is 2.48. The van der Waals surface area contributed by atoms with Crippen LogP contribution in [0.1, 0.15) is 0 Å². The highest BCUT2D eigenvalue weighted by Gasteiger charge is 2.05. The average molecular weight is 251 g/mol. The van der Waals surface area contributed by atoms with Gasteiger partial charge in [-0.1, -0.05) is 24.3 Å². The van der Waals surface area contributed by atoms with Gasteiger partial charge in [-0.15, -0.1) is 0 Å². The highest BCUT2D eigenvalue weighted by atomic mass is 16.5. The summed E-state index contributed by atoms with van der Waals surface area (Å²) >= 11 is 0. The number of nitrogens with zero attached hydrogens (tertiary/aromatic N) is 2. The first-order valence-corrected chi connectivity index (χ1v) is 6.03. The third kappa shape index (κ3) is 2.33. The summed E-state index contributed by atoms with van der Waals surface area (Å²) in [6.45, 7) is 0. The molecule has 3 rings (SSSR count). The highest BCUT2D eigenvalue weighted by molar-refractivity contribution is 5.84. The van der Waals surface area contributed by atoms with E-state index in [2.05, 4.69) is 15.3 Å². The van der Waals surface area contributed by atoms with Crippen LogP contribution in [0.5, 0.6) is 11.6 Å². The Kier molecular flexibility index (Phi) is 2.98. The van der Waals surface area contributed by atoms with Crippen LogP contribution in [0.3, 0.4) is 0 Å². The molecule has 1 aromatic carbocycles. The molecule has 2 aromatic heterocycles. The van der Waals surface area contributed by atoms with Gasteiger partial charge in [0.1, 0.15) is 11.3 Å². The molecule has 2 heterocycles. The van der Waals surface area contributed by atoms with E-state index in [4.69, 9.17) is 4.74 Å². The number of pyridine rings is 2. The van der Waals surface area contributed by atoms with Gasteiger partial charge in [-0.3, -0.25) is 4.98 Å². The first-order valence-electron chi connectivity index (χ1n) is 6.03. The van der Waals surface area contributed by atoms with Crippen molar-refractivity contribution in [3.05, 3.63) is 54.7 Å². The van der Waals surface area contributed by atoms with E-state index in [9.17, 15) is 0 Å². The van der Waals surface area contributed by atoms with Crippen molar-refractivity contribution in [1.82, 2.24) is 9.97 Å². The Morgan fingerprint density at radius 3 is 2.74 bits per heavy atom. The molecule has 3 aromatic rings. The zero-order valence-corrected chi connectivity index (χ0v) is 10.5. The van der Waals surface area contributed by atoms with Crippen LogP contribution in [0.15, 0.2) is 54.7 Å². The predicted molar refractivity (Wildman–Crippen MR) is 75.6 cm³/mol. The Balaban J connectivity index is 2.01. The normalized spacial score (nSPS) is 10.4. The Bertz CT molecular complexity index is 707. The molecule has 0 aliphatic carbocycles. The fourth-order valence-electron chi connectivity index (χ4n) is 1.88. The predicted octanol–water partition coefficient (Wildman–Crippen LogP) is 3.46. The molecule has 0 amide bonds. The summed E-state index contributed by atoms with van der Waals surface area (Å²) in [5.41, 5.74) is 0.835. The lowest BCUT2D eigenvalue weighted by atomic mass is 10.2. The quantitative estimate of drug-likeness (QED) is 0.774. The van der Waals surface area contributed by atoms with Crippen molar-refractivity contribution in [1.29, 1.82) is 0 Å². The van der Waals surface area contributed by atoms with Crippen molar-refractivity contribution in [2.24, 2.45) is 0 Å². The number of nitrogens with one attached hydrogen (secondary N) is 1. The summed E-state index contributed by atoms with van der Waals surface area (Å²) in [4.78, 5) is 8.68. The second-order valence-corrected chi connectivity index (χ2v) is 4.04. The van der Waals surface area contributed by atoms with E-state index in [0.29, 0.717) is 11.6 Å². The van der Waals surface area contributed by atoms with E-state index in [1.807, 2.05) is 55.6 Å². The number of aromatic nitrogens is 2. The lowest BCUT2D eigenvalue weighted by molar-refractivity contribution is 0.468. The number of hydrogen-bond acceptors (Lipinski definition) is 4. The molecule has 0 spiro atoms. The lowest BCUT2D eigenvalue weighted by Gasteiger charge is -2.08. The van der Waals surface area contributed by atoms with Crippen molar-refractivity contribution in [2.75, 3.05) is 12.4 Å². The third-order valence-electron chi connectivity index (χ3n) is 2.79. The van der Waals surface area contributed by atoms with Crippen molar-refractivity contribution >= 4 is 16.7 Å². The monoisotopic (exact) mass is 251 g/mol. The summed E-state index contributed by atoms with van der Waals surface area (Å²) < 4.78 is 5.82. The van der Waals surface area contributed by atoms with Crippen LogP contribution >= 0.6 is 0 Å². The maximum Gasteiger partial charge on any atom is 0.221 e. The molecule has 0 radical (unpaired) electrons. The zero-order valence-electron chi connectivity index (χ0n) is 10.5. The second kappa shape index (κ2) is 4.94. The topological polar surface area (TPSA) is 47.0 Å². The van der Waals surface area contributed by atoms with Crippen LogP contribution in [0, 0.1) is 0 Å². The van der Waals surface area contributed by atoms with E-state index in [1.165, 1.54) is 0 Å². The Labute approximate surface area is 111 Å². The fourth-order valence-corrected chi connectivity index (χ4v) is 1.88. The fraction of sp³-hybridized carbons (Fsp3) is 0.0667. The second-order valence-electron chi connectivity index (χ2n) is 4.04. The SMILES string of the molecule is CNc1cccc(Oc2cccc3cccnc23)n1. The van der Waals surface area contributed by atoms with Crippen LogP contribution < -0.4 is 10.1 Å². The van der Waals surface area contributed by atoms with E-state index >= 15 is 0 Å². The van der Waals surface area contributed by atoms with Crippen molar-refractivity contribution in [3.8, 4) is 11.6 Å². The Morgan fingerprint density at radius 1 is 1.00 bits per heavy atom. The molecular formula is C15H13N3O. The molecule has 0 saturated carbocycles. The number of fused-ring (bicyclic) bond motifs is 1. The van der Waals surface area contributed by atoms with Crippen LogP contribution in [-0.4, -0.2) is 17.0 Å². The number of para-hydroxylation sites is 1. The van der Waals surface area contributed by atoms with Gasteiger partial charge in [0.2, 0.25) is 5.88 Å². The van der Waals surface area contributed by atoms with Crippen molar-refractivity contribution < 1.29 is 4.74 Å². The van der Waals surface area contributed by atoms with Crippen LogP contribution in [0.4, 0.5) is 5.82 Å². The minimum atomic E-state index is 0.546. The third-order valence-corrected chi connectivity index (χ3v) is 2.79. The summed E-state index contributed by atoms with van der Waals surface area (Å²) in [6.07, 6.45) is 1.76. The molecule has 1 N–H and O–H groups in total. The molecule has 0 fully saturated rings. The molecular weight excluding hydrogens is 238 g/mol. The molecule has 4 nitrogen and oxygen atoms in total. The lowest BCUT2D eigenvalue weighted by Crippen LogP contribution is -1.94. The number of anilines is 1. The summed E-state index contributed by atoms with van der Waals surface area (Å²) in [5, 5.41) is 4.03. The molecule has 0 aliphatic rings. The molecule has 0 saturated heterocycles. The van der Waals surface area contributed by atoms with Crippen LogP contribution in [0.2, 0.25) is 0 Å². The summed E-state index contributed by atoms with van der Waals surface area (Å²) in [6, 6.07) is 15.4. The van der Waals surface area contributed by atoms with Crippen molar-refractivity contribution in [2.45, 2.75) is 0 Å². The zero-order chi connectivity index (χ0) is 13.1. The van der Waals surface area contributed by atoms with Gasteiger partial charge in [-0.2, -0.15) is 4.98 Å². The number of benzene rings is 1. The van der Waals surface area contributed by atoms with Gasteiger partial charge in [-0.25, -0.2) is 0 Å². The van der Waals surface area contributed by atoms with Gasteiger partial charge in [0.05, 0.1) is 0 Å². The van der Waals surface area contributed by atoms with Crippen LogP contribution in [-0.2, 0) is 0 Å². The molecule has 94 valence electrons. The minimum Gasteiger partial charge on any atom is -0.437 e. The number of hydrogen-bond donors (Lipinski definition) is 1. The number of ether oxygens (including phenoxy) is 1. The minimum absolute atomic E-state index is 0.546. The van der Waals surface area contributed by atoms with Gasteiger partial charge in [0.15, 0.2) is 5.75 Å². The molecule has 0 unspecified atom stereocenters. The first kappa shape index (κ1) is 11.5. The van der Waals surface area contributed by atoms with E-state index < -0.39 is 0 Å². The molecule has 0 aliphatic heterocycles. The van der Waals surface area contributed by atoms with Gasteiger partial charge < -0.3 is 10.1 Å². The van der Waals surface area contributed by atoms with Gasteiger partial charge in [0.25, 0.3) is 0 Å². The van der Waals surface area contributed by atoms with E-state index in [0.717, 1.165) is 16.7 Å². The molecule has 19 heavy (non-hydrogen) atoms.